The second-order valence-electron chi connectivity index (χ2n) is 5.81. The molecule has 0 N–H and O–H groups in total. The molecule has 0 amide bonds. The van der Waals surface area contributed by atoms with Crippen LogP contribution < -0.4 is 0 Å². The molecule has 0 fully saturated rings. The van der Waals surface area contributed by atoms with Gasteiger partial charge in [0.1, 0.15) is 11.1 Å². The SMILES string of the molecule is Cc1ccc(-n2c(Sc3ccc(C#N)nn3)nnc2-c2ccccc2)cc1. The summed E-state index contributed by atoms with van der Waals surface area (Å²) < 4.78 is 2.00. The molecule has 0 unspecified atom stereocenters. The average Bonchev–Trinajstić information content (AvgIpc) is 3.13. The van der Waals surface area contributed by atoms with Gasteiger partial charge in [0.05, 0.1) is 0 Å². The van der Waals surface area contributed by atoms with Gasteiger partial charge < -0.3 is 0 Å². The van der Waals surface area contributed by atoms with Crippen molar-refractivity contribution in [3.8, 4) is 23.1 Å². The van der Waals surface area contributed by atoms with Crippen LogP contribution >= 0.6 is 11.8 Å². The zero-order valence-electron chi connectivity index (χ0n) is 14.4. The third-order valence-electron chi connectivity index (χ3n) is 3.91. The smallest absolute Gasteiger partial charge is 0.202 e. The molecule has 4 aromatic rings. The highest BCUT2D eigenvalue weighted by atomic mass is 32.2. The number of aromatic nitrogens is 5. The Morgan fingerprint density at radius 2 is 1.63 bits per heavy atom. The van der Waals surface area contributed by atoms with Crippen molar-refractivity contribution in [3.05, 3.63) is 78.0 Å². The summed E-state index contributed by atoms with van der Waals surface area (Å²) >= 11 is 1.35. The molecule has 0 aliphatic heterocycles. The van der Waals surface area contributed by atoms with Gasteiger partial charge in [0, 0.05) is 11.3 Å². The van der Waals surface area contributed by atoms with Gasteiger partial charge in [-0.1, -0.05) is 48.0 Å². The van der Waals surface area contributed by atoms with E-state index < -0.39 is 0 Å². The largest absolute Gasteiger partial charge is 0.270 e. The summed E-state index contributed by atoms with van der Waals surface area (Å²) in [5, 5.41) is 26.9. The zero-order chi connectivity index (χ0) is 18.6. The van der Waals surface area contributed by atoms with Crippen molar-refractivity contribution in [2.75, 3.05) is 0 Å². The first-order valence-electron chi connectivity index (χ1n) is 8.24. The molecule has 0 bridgehead atoms. The number of nitriles is 1. The third-order valence-corrected chi connectivity index (χ3v) is 4.78. The van der Waals surface area contributed by atoms with E-state index in [1.807, 2.05) is 53.1 Å². The van der Waals surface area contributed by atoms with E-state index >= 15 is 0 Å². The summed E-state index contributed by atoms with van der Waals surface area (Å²) in [7, 11) is 0. The maximum atomic E-state index is 8.88. The van der Waals surface area contributed by atoms with E-state index in [0.29, 0.717) is 10.2 Å². The first kappa shape index (κ1) is 16.9. The van der Waals surface area contributed by atoms with Gasteiger partial charge >= 0.3 is 0 Å². The van der Waals surface area contributed by atoms with Crippen LogP contribution in [0.25, 0.3) is 17.1 Å². The molecule has 2 heterocycles. The maximum absolute atomic E-state index is 8.88. The second kappa shape index (κ2) is 7.40. The van der Waals surface area contributed by atoms with Gasteiger partial charge in [-0.05, 0) is 43.0 Å². The molecule has 0 radical (unpaired) electrons. The average molecular weight is 370 g/mol. The molecule has 2 aromatic carbocycles. The van der Waals surface area contributed by atoms with Crippen LogP contribution in [0.5, 0.6) is 0 Å². The molecule has 0 spiro atoms. The molecular formula is C20H14N6S. The van der Waals surface area contributed by atoms with Gasteiger partial charge in [-0.25, -0.2) is 0 Å². The number of benzene rings is 2. The molecule has 0 aliphatic carbocycles. The number of aryl methyl sites for hydroxylation is 1. The molecule has 4 rings (SSSR count). The Hall–Kier alpha value is -3.50. The van der Waals surface area contributed by atoms with Crippen molar-refractivity contribution in [3.63, 3.8) is 0 Å². The van der Waals surface area contributed by atoms with Gasteiger partial charge in [0.15, 0.2) is 11.5 Å². The fourth-order valence-electron chi connectivity index (χ4n) is 2.56. The van der Waals surface area contributed by atoms with Crippen molar-refractivity contribution in [2.24, 2.45) is 0 Å². The summed E-state index contributed by atoms with van der Waals surface area (Å²) in [5.41, 5.74) is 3.40. The molecule has 7 heteroatoms. The minimum Gasteiger partial charge on any atom is -0.270 e. The van der Waals surface area contributed by atoms with Crippen LogP contribution in [0.4, 0.5) is 0 Å². The predicted octanol–water partition coefficient (Wildman–Crippen LogP) is 4.06. The van der Waals surface area contributed by atoms with Gasteiger partial charge in [-0.15, -0.1) is 20.4 Å². The van der Waals surface area contributed by atoms with Gasteiger partial charge in [0.25, 0.3) is 0 Å². The Balaban J connectivity index is 1.80. The fourth-order valence-corrected chi connectivity index (χ4v) is 3.33. The Labute approximate surface area is 160 Å². The van der Waals surface area contributed by atoms with Crippen molar-refractivity contribution < 1.29 is 0 Å². The van der Waals surface area contributed by atoms with Gasteiger partial charge in [0.2, 0.25) is 5.16 Å². The van der Waals surface area contributed by atoms with Crippen LogP contribution in [0.15, 0.2) is 76.9 Å². The lowest BCUT2D eigenvalue weighted by molar-refractivity contribution is 0.868. The minimum atomic E-state index is 0.282. The minimum absolute atomic E-state index is 0.282. The topological polar surface area (TPSA) is 80.3 Å². The van der Waals surface area contributed by atoms with Crippen molar-refractivity contribution >= 4 is 11.8 Å². The molecule has 27 heavy (non-hydrogen) atoms. The van der Waals surface area contributed by atoms with E-state index in [1.165, 1.54) is 17.3 Å². The summed E-state index contributed by atoms with van der Waals surface area (Å²) in [5.74, 6) is 0.753. The van der Waals surface area contributed by atoms with E-state index in [4.69, 9.17) is 5.26 Å². The van der Waals surface area contributed by atoms with Crippen molar-refractivity contribution in [1.82, 2.24) is 25.0 Å². The Bertz CT molecular complexity index is 1100. The van der Waals surface area contributed by atoms with Crippen molar-refractivity contribution in [1.29, 1.82) is 5.26 Å². The maximum Gasteiger partial charge on any atom is 0.202 e. The van der Waals surface area contributed by atoms with E-state index in [-0.39, 0.29) is 5.69 Å². The third kappa shape index (κ3) is 3.57. The number of hydrogen-bond donors (Lipinski definition) is 0. The van der Waals surface area contributed by atoms with E-state index in [0.717, 1.165) is 17.1 Å². The monoisotopic (exact) mass is 370 g/mol. The highest BCUT2D eigenvalue weighted by Crippen LogP contribution is 2.31. The van der Waals surface area contributed by atoms with Crippen molar-refractivity contribution in [2.45, 2.75) is 17.1 Å². The van der Waals surface area contributed by atoms with E-state index in [1.54, 1.807) is 12.1 Å². The van der Waals surface area contributed by atoms with Gasteiger partial charge in [-0.2, -0.15) is 5.26 Å². The summed E-state index contributed by atoms with van der Waals surface area (Å²) in [6.45, 7) is 2.05. The predicted molar refractivity (Wildman–Crippen MR) is 102 cm³/mol. The normalized spacial score (nSPS) is 10.5. The molecule has 2 aromatic heterocycles. The first-order valence-corrected chi connectivity index (χ1v) is 9.06. The quantitative estimate of drug-likeness (QED) is 0.539. The highest BCUT2D eigenvalue weighted by molar-refractivity contribution is 7.99. The Morgan fingerprint density at radius 1 is 0.852 bits per heavy atom. The number of rotatable bonds is 4. The standard InChI is InChI=1S/C20H14N6S/c1-14-7-10-17(11-8-14)26-19(15-5-3-2-4-6-15)24-25-20(26)27-18-12-9-16(13-21)22-23-18/h2-12H,1H3. The van der Waals surface area contributed by atoms with Gasteiger partial charge in [-0.3, -0.25) is 4.57 Å². The molecule has 0 atom stereocenters. The van der Waals surface area contributed by atoms with E-state index in [9.17, 15) is 0 Å². The van der Waals surface area contributed by atoms with Crippen LogP contribution in [0.3, 0.4) is 0 Å². The zero-order valence-corrected chi connectivity index (χ0v) is 15.3. The molecule has 0 saturated carbocycles. The molecular weight excluding hydrogens is 356 g/mol. The summed E-state index contributed by atoms with van der Waals surface area (Å²) in [6.07, 6.45) is 0. The number of hydrogen-bond acceptors (Lipinski definition) is 6. The van der Waals surface area contributed by atoms with Crippen LogP contribution in [0.1, 0.15) is 11.3 Å². The van der Waals surface area contributed by atoms with Crippen LogP contribution in [0, 0.1) is 18.3 Å². The molecule has 6 nitrogen and oxygen atoms in total. The fraction of sp³-hybridized carbons (Fsp3) is 0.0500. The highest BCUT2D eigenvalue weighted by Gasteiger charge is 2.17. The molecule has 130 valence electrons. The van der Waals surface area contributed by atoms with E-state index in [2.05, 4.69) is 39.5 Å². The molecule has 0 aliphatic rings. The second-order valence-corrected chi connectivity index (χ2v) is 6.80. The Morgan fingerprint density at radius 3 is 2.30 bits per heavy atom. The lowest BCUT2D eigenvalue weighted by Crippen LogP contribution is -2.00. The van der Waals surface area contributed by atoms with Crippen LogP contribution in [-0.4, -0.2) is 25.0 Å². The summed E-state index contributed by atoms with van der Waals surface area (Å²) in [4.78, 5) is 0. The lowest BCUT2D eigenvalue weighted by atomic mass is 10.2. The Kier molecular flexibility index (Phi) is 4.64. The molecule has 0 saturated heterocycles. The first-order chi connectivity index (χ1) is 13.2. The van der Waals surface area contributed by atoms with Crippen LogP contribution in [0.2, 0.25) is 0 Å². The number of nitrogens with zero attached hydrogens (tertiary/aromatic N) is 6. The van der Waals surface area contributed by atoms with Crippen LogP contribution in [-0.2, 0) is 0 Å². The summed E-state index contributed by atoms with van der Waals surface area (Å²) in [6, 6.07) is 23.5. The lowest BCUT2D eigenvalue weighted by Gasteiger charge is -2.10.